The fraction of sp³-hybridized carbons (Fsp3) is 0.500. The molecule has 5 nitrogen and oxygen atoms in total. The first-order valence-electron chi connectivity index (χ1n) is 6.33. The minimum Gasteiger partial charge on any atom is -0.393 e. The zero-order chi connectivity index (χ0) is 13.4. The largest absolute Gasteiger partial charge is 0.393 e. The molecule has 0 radical (unpaired) electrons. The lowest BCUT2D eigenvalue weighted by Gasteiger charge is -2.10. The van der Waals surface area contributed by atoms with E-state index in [1.165, 1.54) is 21.5 Å². The van der Waals surface area contributed by atoms with Gasteiger partial charge in [-0.25, -0.2) is 4.68 Å². The van der Waals surface area contributed by atoms with Gasteiger partial charge in [0.2, 0.25) is 0 Å². The topological polar surface area (TPSA) is 73.8 Å². The molecule has 2 N–H and O–H groups in total. The van der Waals surface area contributed by atoms with Crippen molar-refractivity contribution >= 4 is 38.8 Å². The number of aromatic nitrogens is 3. The van der Waals surface area contributed by atoms with Crippen molar-refractivity contribution in [1.29, 1.82) is 0 Å². The number of nitrogens with two attached hydrogens (primary N) is 1. The van der Waals surface area contributed by atoms with Crippen molar-refractivity contribution in [3.8, 4) is 0 Å². The number of thiocarbonyl (C=S) groups is 1. The molecule has 0 fully saturated rings. The van der Waals surface area contributed by atoms with E-state index in [9.17, 15) is 4.79 Å². The molecule has 2 aromatic rings. The summed E-state index contributed by atoms with van der Waals surface area (Å²) in [6.45, 7) is 0.404. The highest BCUT2D eigenvalue weighted by Gasteiger charge is 2.20. The van der Waals surface area contributed by atoms with Crippen LogP contribution in [-0.4, -0.2) is 20.0 Å². The van der Waals surface area contributed by atoms with Crippen LogP contribution in [0.2, 0.25) is 0 Å². The van der Waals surface area contributed by atoms with Crippen molar-refractivity contribution in [3.63, 3.8) is 0 Å². The molecule has 0 saturated carbocycles. The first kappa shape index (κ1) is 12.7. The van der Waals surface area contributed by atoms with Crippen molar-refractivity contribution in [2.24, 2.45) is 5.73 Å². The molecule has 2 aromatic heterocycles. The van der Waals surface area contributed by atoms with Crippen LogP contribution in [0, 0.1) is 0 Å². The second-order valence-corrected chi connectivity index (χ2v) is 6.33. The molecule has 0 unspecified atom stereocenters. The Hall–Kier alpha value is -1.34. The zero-order valence-electron chi connectivity index (χ0n) is 10.4. The van der Waals surface area contributed by atoms with Crippen LogP contribution in [-0.2, 0) is 19.4 Å². The van der Waals surface area contributed by atoms with Gasteiger partial charge in [0.25, 0.3) is 5.56 Å². The molecule has 2 heterocycles. The summed E-state index contributed by atoms with van der Waals surface area (Å²) < 4.78 is 1.38. The molecule has 100 valence electrons. The van der Waals surface area contributed by atoms with Crippen molar-refractivity contribution in [3.05, 3.63) is 20.8 Å². The standard InChI is InChI=1S/C12H14N4OS2/c13-9(18)5-6-16-12(17)10-7-3-1-2-4-8(7)19-11(10)14-15-16/h1-6H2,(H2,13,18). The van der Waals surface area contributed by atoms with E-state index in [1.54, 1.807) is 11.3 Å². The van der Waals surface area contributed by atoms with Crippen molar-refractivity contribution < 1.29 is 0 Å². The van der Waals surface area contributed by atoms with Crippen LogP contribution in [0.4, 0.5) is 0 Å². The number of hydrogen-bond donors (Lipinski definition) is 1. The van der Waals surface area contributed by atoms with Crippen LogP contribution < -0.4 is 11.3 Å². The van der Waals surface area contributed by atoms with Crippen LogP contribution in [0.25, 0.3) is 10.2 Å². The highest BCUT2D eigenvalue weighted by Crippen LogP contribution is 2.32. The quantitative estimate of drug-likeness (QED) is 0.866. The Bertz CT molecular complexity index is 704. The van der Waals surface area contributed by atoms with Gasteiger partial charge in [0.1, 0.15) is 0 Å². The lowest BCUT2D eigenvalue weighted by atomic mass is 9.97. The van der Waals surface area contributed by atoms with Crippen LogP contribution >= 0.6 is 23.6 Å². The van der Waals surface area contributed by atoms with Crippen molar-refractivity contribution in [2.45, 2.75) is 38.6 Å². The maximum atomic E-state index is 12.5. The molecule has 0 aromatic carbocycles. The zero-order valence-corrected chi connectivity index (χ0v) is 12.0. The maximum absolute atomic E-state index is 12.5. The van der Waals surface area contributed by atoms with Gasteiger partial charge in [-0.3, -0.25) is 4.79 Å². The van der Waals surface area contributed by atoms with Gasteiger partial charge in [0, 0.05) is 11.3 Å². The number of rotatable bonds is 3. The predicted molar refractivity (Wildman–Crippen MR) is 79.7 cm³/mol. The van der Waals surface area contributed by atoms with Crippen molar-refractivity contribution in [2.75, 3.05) is 0 Å². The smallest absolute Gasteiger partial charge is 0.278 e. The normalized spacial score (nSPS) is 14.5. The van der Waals surface area contributed by atoms with Gasteiger partial charge in [-0.2, -0.15) is 0 Å². The summed E-state index contributed by atoms with van der Waals surface area (Å²) in [5, 5.41) is 8.91. The third kappa shape index (κ3) is 2.28. The molecule has 0 atom stereocenters. The third-order valence-electron chi connectivity index (χ3n) is 3.41. The summed E-state index contributed by atoms with van der Waals surface area (Å²) in [6, 6.07) is 0. The fourth-order valence-electron chi connectivity index (χ4n) is 2.47. The van der Waals surface area contributed by atoms with Crippen molar-refractivity contribution in [1.82, 2.24) is 15.0 Å². The van der Waals surface area contributed by atoms with Gasteiger partial charge < -0.3 is 5.73 Å². The van der Waals surface area contributed by atoms with Crippen LogP contribution in [0.5, 0.6) is 0 Å². The SMILES string of the molecule is NC(=S)CCn1nnc2sc3c(c2c1=O)CCCC3. The second-order valence-electron chi connectivity index (χ2n) is 4.73. The average molecular weight is 294 g/mol. The average Bonchev–Trinajstić information content (AvgIpc) is 2.76. The van der Waals surface area contributed by atoms with E-state index in [0.29, 0.717) is 18.0 Å². The molecule has 0 amide bonds. The Kier molecular flexibility index (Phi) is 3.32. The van der Waals surface area contributed by atoms with E-state index in [2.05, 4.69) is 10.3 Å². The number of nitrogens with zero attached hydrogens (tertiary/aromatic N) is 3. The summed E-state index contributed by atoms with van der Waals surface area (Å²) in [5.41, 5.74) is 6.60. The Balaban J connectivity index is 2.10. The van der Waals surface area contributed by atoms with Gasteiger partial charge in [-0.15, -0.1) is 16.4 Å². The molecule has 0 saturated heterocycles. The van der Waals surface area contributed by atoms with Crippen LogP contribution in [0.15, 0.2) is 4.79 Å². The molecule has 1 aliphatic carbocycles. The highest BCUT2D eigenvalue weighted by atomic mass is 32.1. The fourth-order valence-corrected chi connectivity index (χ4v) is 3.76. The summed E-state index contributed by atoms with van der Waals surface area (Å²) in [6.07, 6.45) is 4.85. The maximum Gasteiger partial charge on any atom is 0.278 e. The van der Waals surface area contributed by atoms with E-state index < -0.39 is 0 Å². The predicted octanol–water partition coefficient (Wildman–Crippen LogP) is 1.41. The Morgan fingerprint density at radius 2 is 2.21 bits per heavy atom. The minimum absolute atomic E-state index is 0.0550. The summed E-state index contributed by atoms with van der Waals surface area (Å²) in [7, 11) is 0. The lowest BCUT2D eigenvalue weighted by Crippen LogP contribution is -2.26. The first-order valence-corrected chi connectivity index (χ1v) is 7.55. The van der Waals surface area contributed by atoms with Gasteiger partial charge in [0.15, 0.2) is 4.83 Å². The van der Waals surface area contributed by atoms with Crippen LogP contribution in [0.1, 0.15) is 29.7 Å². The Morgan fingerprint density at radius 3 is 3.00 bits per heavy atom. The highest BCUT2D eigenvalue weighted by molar-refractivity contribution is 7.80. The van der Waals surface area contributed by atoms with Gasteiger partial charge in [-0.1, -0.05) is 17.4 Å². The summed E-state index contributed by atoms with van der Waals surface area (Å²) in [5.74, 6) is 0. The molecule has 0 bridgehead atoms. The Morgan fingerprint density at radius 1 is 1.42 bits per heavy atom. The molecule has 1 aliphatic rings. The number of aryl methyl sites for hydroxylation is 3. The van der Waals surface area contributed by atoms with Crippen LogP contribution in [0.3, 0.4) is 0 Å². The lowest BCUT2D eigenvalue weighted by molar-refractivity contribution is 0.564. The van der Waals surface area contributed by atoms with E-state index in [-0.39, 0.29) is 5.56 Å². The van der Waals surface area contributed by atoms with E-state index in [0.717, 1.165) is 29.5 Å². The number of thiophene rings is 1. The molecular formula is C12H14N4OS2. The monoisotopic (exact) mass is 294 g/mol. The molecule has 3 rings (SSSR count). The van der Waals surface area contributed by atoms with Gasteiger partial charge in [0.05, 0.1) is 16.9 Å². The Labute approximate surface area is 119 Å². The molecular weight excluding hydrogens is 280 g/mol. The molecule has 7 heteroatoms. The van der Waals surface area contributed by atoms with Gasteiger partial charge in [-0.05, 0) is 31.2 Å². The number of hydrogen-bond acceptors (Lipinski definition) is 5. The van der Waals surface area contributed by atoms with E-state index in [4.69, 9.17) is 18.0 Å². The molecule has 0 spiro atoms. The first-order chi connectivity index (χ1) is 9.16. The van der Waals surface area contributed by atoms with E-state index >= 15 is 0 Å². The van der Waals surface area contributed by atoms with Gasteiger partial charge >= 0.3 is 0 Å². The van der Waals surface area contributed by atoms with E-state index in [1.807, 2.05) is 0 Å². The summed E-state index contributed by atoms with van der Waals surface area (Å²) in [4.78, 5) is 14.9. The third-order valence-corrected chi connectivity index (χ3v) is 4.79. The second kappa shape index (κ2) is 4.97. The summed E-state index contributed by atoms with van der Waals surface area (Å²) >= 11 is 6.44. The molecule has 19 heavy (non-hydrogen) atoms. The minimum atomic E-state index is -0.0550. The molecule has 0 aliphatic heterocycles. The number of fused-ring (bicyclic) bond motifs is 3.